The Labute approximate surface area is 108 Å². The molecule has 0 saturated heterocycles. The number of halogens is 1. The number of hydrogen-bond acceptors (Lipinski definition) is 2. The zero-order valence-electron chi connectivity index (χ0n) is 10.8. The topological polar surface area (TPSA) is 21.3 Å². The molecule has 2 nitrogen and oxygen atoms in total. The fourth-order valence-electron chi connectivity index (χ4n) is 2.82. The lowest BCUT2D eigenvalue weighted by Crippen LogP contribution is -2.35. The van der Waals surface area contributed by atoms with Crippen molar-refractivity contribution in [2.45, 2.75) is 37.6 Å². The van der Waals surface area contributed by atoms with Crippen LogP contribution in [0.15, 0.2) is 18.2 Å². The predicted octanol–water partition coefficient (Wildman–Crippen LogP) is 3.08. The summed E-state index contributed by atoms with van der Waals surface area (Å²) in [6.07, 6.45) is 5.03. The van der Waals surface area contributed by atoms with Crippen LogP contribution in [-0.2, 0) is 0 Å². The molecule has 0 amide bonds. The lowest BCUT2D eigenvalue weighted by Gasteiger charge is -2.38. The number of benzene rings is 1. The SMILES string of the molecule is COc1ccc(F)cc1C1CCC1CNC1CC1. The highest BCUT2D eigenvalue weighted by molar-refractivity contribution is 5.38. The van der Waals surface area contributed by atoms with Crippen molar-refractivity contribution in [3.05, 3.63) is 29.6 Å². The molecule has 2 fully saturated rings. The van der Waals surface area contributed by atoms with Crippen LogP contribution < -0.4 is 10.1 Å². The Kier molecular flexibility index (Phi) is 3.25. The van der Waals surface area contributed by atoms with E-state index in [0.29, 0.717) is 11.8 Å². The lowest BCUT2D eigenvalue weighted by molar-refractivity contribution is 0.238. The maximum Gasteiger partial charge on any atom is 0.123 e. The van der Waals surface area contributed by atoms with Crippen molar-refractivity contribution in [3.63, 3.8) is 0 Å². The summed E-state index contributed by atoms with van der Waals surface area (Å²) in [7, 11) is 1.66. The molecule has 1 aromatic rings. The van der Waals surface area contributed by atoms with Gasteiger partial charge in [0.1, 0.15) is 11.6 Å². The molecular formula is C15H20FNO. The minimum atomic E-state index is -0.161. The van der Waals surface area contributed by atoms with Gasteiger partial charge in [-0.25, -0.2) is 4.39 Å². The minimum Gasteiger partial charge on any atom is -0.496 e. The Bertz CT molecular complexity index is 431. The summed E-state index contributed by atoms with van der Waals surface area (Å²) in [6, 6.07) is 5.61. The molecule has 0 radical (unpaired) electrons. The van der Waals surface area contributed by atoms with Gasteiger partial charge in [-0.05, 0) is 62.3 Å². The van der Waals surface area contributed by atoms with Gasteiger partial charge in [0.05, 0.1) is 7.11 Å². The van der Waals surface area contributed by atoms with E-state index in [1.54, 1.807) is 19.2 Å². The van der Waals surface area contributed by atoms with Crippen LogP contribution in [0.4, 0.5) is 4.39 Å². The van der Waals surface area contributed by atoms with Gasteiger partial charge in [0.25, 0.3) is 0 Å². The summed E-state index contributed by atoms with van der Waals surface area (Å²) in [5.41, 5.74) is 1.05. The third-order valence-electron chi connectivity index (χ3n) is 4.25. The van der Waals surface area contributed by atoms with Gasteiger partial charge in [-0.15, -0.1) is 0 Å². The van der Waals surface area contributed by atoms with Crippen molar-refractivity contribution >= 4 is 0 Å². The Balaban J connectivity index is 1.70. The molecular weight excluding hydrogens is 229 g/mol. The monoisotopic (exact) mass is 249 g/mol. The summed E-state index contributed by atoms with van der Waals surface area (Å²) in [6.45, 7) is 1.06. The van der Waals surface area contributed by atoms with Crippen molar-refractivity contribution < 1.29 is 9.13 Å². The number of hydrogen-bond donors (Lipinski definition) is 1. The molecule has 0 aromatic heterocycles. The normalized spacial score (nSPS) is 26.8. The molecule has 2 unspecified atom stereocenters. The van der Waals surface area contributed by atoms with E-state index >= 15 is 0 Å². The molecule has 2 saturated carbocycles. The maximum atomic E-state index is 13.4. The van der Waals surface area contributed by atoms with E-state index in [1.807, 2.05) is 0 Å². The quantitative estimate of drug-likeness (QED) is 0.866. The highest BCUT2D eigenvalue weighted by Crippen LogP contribution is 2.45. The molecule has 0 bridgehead atoms. The van der Waals surface area contributed by atoms with Gasteiger partial charge in [0, 0.05) is 11.6 Å². The first-order valence-electron chi connectivity index (χ1n) is 6.84. The molecule has 3 heteroatoms. The molecule has 98 valence electrons. The maximum absolute atomic E-state index is 13.4. The standard InChI is InChI=1S/C15H20FNO/c1-18-15-7-3-11(16)8-14(15)13-6-2-10(13)9-17-12-4-5-12/h3,7-8,10,12-13,17H,2,4-6,9H2,1H3. The average molecular weight is 249 g/mol. The summed E-state index contributed by atoms with van der Waals surface area (Å²) in [5.74, 6) is 1.77. The van der Waals surface area contributed by atoms with Gasteiger partial charge < -0.3 is 10.1 Å². The van der Waals surface area contributed by atoms with Gasteiger partial charge in [0.2, 0.25) is 0 Å². The first kappa shape index (κ1) is 12.0. The fraction of sp³-hybridized carbons (Fsp3) is 0.600. The van der Waals surface area contributed by atoms with Crippen LogP contribution in [0, 0.1) is 11.7 Å². The molecule has 1 aromatic carbocycles. The van der Waals surface area contributed by atoms with Gasteiger partial charge in [-0.3, -0.25) is 0 Å². The van der Waals surface area contributed by atoms with Crippen LogP contribution in [0.1, 0.15) is 37.2 Å². The van der Waals surface area contributed by atoms with E-state index in [2.05, 4.69) is 5.32 Å². The molecule has 3 rings (SSSR count). The van der Waals surface area contributed by atoms with E-state index in [-0.39, 0.29) is 5.82 Å². The smallest absolute Gasteiger partial charge is 0.123 e. The zero-order valence-corrected chi connectivity index (χ0v) is 10.8. The molecule has 2 aliphatic rings. The number of ether oxygens (including phenoxy) is 1. The molecule has 2 atom stereocenters. The Morgan fingerprint density at radius 3 is 2.72 bits per heavy atom. The molecule has 1 N–H and O–H groups in total. The molecule has 18 heavy (non-hydrogen) atoms. The zero-order chi connectivity index (χ0) is 12.5. The predicted molar refractivity (Wildman–Crippen MR) is 69.4 cm³/mol. The summed E-state index contributed by atoms with van der Waals surface area (Å²) < 4.78 is 18.7. The highest BCUT2D eigenvalue weighted by atomic mass is 19.1. The second kappa shape index (κ2) is 4.88. The first-order valence-corrected chi connectivity index (χ1v) is 6.84. The van der Waals surface area contributed by atoms with Crippen molar-refractivity contribution in [3.8, 4) is 5.75 Å². The van der Waals surface area contributed by atoms with E-state index in [1.165, 1.54) is 25.3 Å². The molecule has 2 aliphatic carbocycles. The van der Waals surface area contributed by atoms with E-state index in [0.717, 1.165) is 30.3 Å². The fourth-order valence-corrected chi connectivity index (χ4v) is 2.82. The van der Waals surface area contributed by atoms with E-state index < -0.39 is 0 Å². The van der Waals surface area contributed by atoms with Crippen LogP contribution in [-0.4, -0.2) is 19.7 Å². The van der Waals surface area contributed by atoms with Crippen LogP contribution in [0.3, 0.4) is 0 Å². The molecule has 0 spiro atoms. The van der Waals surface area contributed by atoms with Crippen LogP contribution in [0.25, 0.3) is 0 Å². The number of nitrogens with one attached hydrogen (secondary N) is 1. The van der Waals surface area contributed by atoms with Crippen molar-refractivity contribution in [1.29, 1.82) is 0 Å². The van der Waals surface area contributed by atoms with Gasteiger partial charge in [-0.2, -0.15) is 0 Å². The van der Waals surface area contributed by atoms with Crippen molar-refractivity contribution in [2.24, 2.45) is 5.92 Å². The largest absolute Gasteiger partial charge is 0.496 e. The summed E-state index contributed by atoms with van der Waals surface area (Å²) >= 11 is 0. The van der Waals surface area contributed by atoms with Crippen molar-refractivity contribution in [1.82, 2.24) is 5.32 Å². The van der Waals surface area contributed by atoms with Crippen LogP contribution >= 0.6 is 0 Å². The number of rotatable bonds is 5. The minimum absolute atomic E-state index is 0.161. The molecule has 0 heterocycles. The highest BCUT2D eigenvalue weighted by Gasteiger charge is 2.35. The second-order valence-electron chi connectivity index (χ2n) is 5.51. The third kappa shape index (κ3) is 2.37. The second-order valence-corrected chi connectivity index (χ2v) is 5.51. The molecule has 0 aliphatic heterocycles. The number of methoxy groups -OCH3 is 1. The van der Waals surface area contributed by atoms with E-state index in [4.69, 9.17) is 4.74 Å². The average Bonchev–Trinajstić information content (AvgIpc) is 3.12. The Hall–Kier alpha value is -1.09. The van der Waals surface area contributed by atoms with Gasteiger partial charge >= 0.3 is 0 Å². The summed E-state index contributed by atoms with van der Waals surface area (Å²) in [4.78, 5) is 0. The van der Waals surface area contributed by atoms with Gasteiger partial charge in [0.15, 0.2) is 0 Å². The Morgan fingerprint density at radius 1 is 1.28 bits per heavy atom. The summed E-state index contributed by atoms with van der Waals surface area (Å²) in [5, 5.41) is 3.58. The van der Waals surface area contributed by atoms with Crippen molar-refractivity contribution in [2.75, 3.05) is 13.7 Å². The Morgan fingerprint density at radius 2 is 2.11 bits per heavy atom. The first-order chi connectivity index (χ1) is 8.78. The van der Waals surface area contributed by atoms with Gasteiger partial charge in [-0.1, -0.05) is 0 Å². The third-order valence-corrected chi connectivity index (χ3v) is 4.25. The van der Waals surface area contributed by atoms with Crippen LogP contribution in [0.2, 0.25) is 0 Å². The lowest BCUT2D eigenvalue weighted by atomic mass is 9.69. The van der Waals surface area contributed by atoms with E-state index in [9.17, 15) is 4.39 Å². The van der Waals surface area contributed by atoms with Crippen LogP contribution in [0.5, 0.6) is 5.75 Å².